The van der Waals surface area contributed by atoms with Crippen LogP contribution in [0.2, 0.25) is 0 Å². The van der Waals surface area contributed by atoms with Gasteiger partial charge in [-0.05, 0) is 67.6 Å². The van der Waals surface area contributed by atoms with Crippen molar-refractivity contribution in [2.45, 2.75) is 32.2 Å². The number of urea groups is 1. The van der Waals surface area contributed by atoms with Crippen LogP contribution in [-0.2, 0) is 6.42 Å². The summed E-state index contributed by atoms with van der Waals surface area (Å²) in [6.45, 7) is 4.07. The highest BCUT2D eigenvalue weighted by Gasteiger charge is 2.30. The van der Waals surface area contributed by atoms with Gasteiger partial charge in [-0.2, -0.15) is 5.10 Å². The molecule has 2 aromatic carbocycles. The van der Waals surface area contributed by atoms with Gasteiger partial charge in [-0.15, -0.1) is 0 Å². The number of aryl methyl sites for hydroxylation is 1. The number of methoxy groups -OCH3 is 1. The zero-order chi connectivity index (χ0) is 26.9. The number of aromatic nitrogens is 4. The number of nitrogens with one attached hydrogen (secondary N) is 3. The molecule has 2 aromatic heterocycles. The topological polar surface area (TPSA) is 128 Å². The number of amides is 3. The number of H-pyrrole nitrogens is 1. The predicted molar refractivity (Wildman–Crippen MR) is 148 cm³/mol. The monoisotopic (exact) mass is 526 g/mol. The van der Waals surface area contributed by atoms with Gasteiger partial charge in [-0.3, -0.25) is 9.89 Å². The molecule has 2 aliphatic heterocycles. The molecule has 200 valence electrons. The minimum atomic E-state index is -0.298. The molecule has 4 heterocycles. The number of fused-ring (bicyclic) bond motifs is 2. The van der Waals surface area contributed by atoms with Crippen molar-refractivity contribution in [2.75, 3.05) is 42.3 Å². The van der Waals surface area contributed by atoms with E-state index in [1.807, 2.05) is 42.2 Å². The van der Waals surface area contributed by atoms with Crippen LogP contribution in [0, 0.1) is 6.92 Å². The van der Waals surface area contributed by atoms with E-state index in [1.165, 1.54) is 6.33 Å². The number of piperidine rings is 1. The van der Waals surface area contributed by atoms with Crippen molar-refractivity contribution in [3.8, 4) is 5.75 Å². The van der Waals surface area contributed by atoms with E-state index in [1.54, 1.807) is 19.4 Å². The number of benzene rings is 2. The summed E-state index contributed by atoms with van der Waals surface area (Å²) in [7, 11) is 1.65. The Morgan fingerprint density at radius 1 is 1.10 bits per heavy atom. The van der Waals surface area contributed by atoms with E-state index in [0.717, 1.165) is 65.8 Å². The fourth-order valence-electron chi connectivity index (χ4n) is 5.46. The molecule has 0 radical (unpaired) electrons. The Morgan fingerprint density at radius 3 is 2.77 bits per heavy atom. The summed E-state index contributed by atoms with van der Waals surface area (Å²) in [4.78, 5) is 38.8. The second-order valence-corrected chi connectivity index (χ2v) is 9.96. The highest BCUT2D eigenvalue weighted by molar-refractivity contribution is 6.04. The first kappa shape index (κ1) is 24.7. The summed E-state index contributed by atoms with van der Waals surface area (Å²) in [6, 6.07) is 11.3. The summed E-state index contributed by atoms with van der Waals surface area (Å²) in [6.07, 6.45) is 5.54. The lowest BCUT2D eigenvalue weighted by atomic mass is 10.0. The van der Waals surface area contributed by atoms with E-state index in [4.69, 9.17) is 4.74 Å². The Morgan fingerprint density at radius 2 is 1.95 bits per heavy atom. The summed E-state index contributed by atoms with van der Waals surface area (Å²) in [5, 5.41) is 14.0. The van der Waals surface area contributed by atoms with Gasteiger partial charge in [0.25, 0.3) is 5.91 Å². The minimum absolute atomic E-state index is 0.0674. The van der Waals surface area contributed by atoms with Crippen LogP contribution in [0.3, 0.4) is 0 Å². The van der Waals surface area contributed by atoms with Gasteiger partial charge in [-0.1, -0.05) is 0 Å². The number of anilines is 3. The van der Waals surface area contributed by atoms with E-state index in [9.17, 15) is 9.59 Å². The highest BCUT2D eigenvalue weighted by atomic mass is 16.5. The van der Waals surface area contributed by atoms with Crippen molar-refractivity contribution >= 4 is 40.0 Å². The van der Waals surface area contributed by atoms with Crippen molar-refractivity contribution in [3.05, 3.63) is 65.7 Å². The third kappa shape index (κ3) is 4.95. The SMILES string of the molecule is COc1ccc2c(c1)CCN(C1CCN(c3cc(C(=O)Nc4cc(C)c5[nH]ncc5c4)ncn3)CC1)C(=O)N2. The first-order chi connectivity index (χ1) is 19.0. The van der Waals surface area contributed by atoms with Crippen molar-refractivity contribution in [2.24, 2.45) is 0 Å². The molecule has 0 unspecified atom stereocenters. The summed E-state index contributed by atoms with van der Waals surface area (Å²) < 4.78 is 5.34. The van der Waals surface area contributed by atoms with Gasteiger partial charge >= 0.3 is 6.03 Å². The van der Waals surface area contributed by atoms with Crippen LogP contribution < -0.4 is 20.3 Å². The maximum Gasteiger partial charge on any atom is 0.322 e. The zero-order valence-electron chi connectivity index (χ0n) is 21.9. The van der Waals surface area contributed by atoms with E-state index in [0.29, 0.717) is 23.7 Å². The summed E-state index contributed by atoms with van der Waals surface area (Å²) in [5.74, 6) is 1.19. The predicted octanol–water partition coefficient (Wildman–Crippen LogP) is 3.98. The second kappa shape index (κ2) is 10.2. The van der Waals surface area contributed by atoms with Crippen molar-refractivity contribution < 1.29 is 14.3 Å². The molecule has 3 amide bonds. The number of aromatic amines is 1. The molecule has 3 N–H and O–H groups in total. The highest BCUT2D eigenvalue weighted by Crippen LogP contribution is 2.29. The largest absolute Gasteiger partial charge is 0.497 e. The quantitative estimate of drug-likeness (QED) is 0.359. The van der Waals surface area contributed by atoms with E-state index in [2.05, 4.69) is 35.7 Å². The van der Waals surface area contributed by atoms with Gasteiger partial charge in [-0.25, -0.2) is 14.8 Å². The Kier molecular flexibility index (Phi) is 6.47. The van der Waals surface area contributed by atoms with Crippen molar-refractivity contribution in [1.82, 2.24) is 25.1 Å². The van der Waals surface area contributed by atoms with Crippen LogP contribution in [0.15, 0.2) is 48.9 Å². The lowest BCUT2D eigenvalue weighted by Crippen LogP contribution is -2.49. The Labute approximate surface area is 225 Å². The van der Waals surface area contributed by atoms with Gasteiger partial charge in [0.05, 0.1) is 18.8 Å². The van der Waals surface area contributed by atoms with E-state index >= 15 is 0 Å². The van der Waals surface area contributed by atoms with Gasteiger partial charge in [0, 0.05) is 48.5 Å². The average Bonchev–Trinajstić information content (AvgIpc) is 3.37. The van der Waals surface area contributed by atoms with Crippen LogP contribution in [0.25, 0.3) is 10.9 Å². The normalized spacial score (nSPS) is 16.0. The van der Waals surface area contributed by atoms with Crippen molar-refractivity contribution in [1.29, 1.82) is 0 Å². The third-order valence-electron chi connectivity index (χ3n) is 7.56. The first-order valence-corrected chi connectivity index (χ1v) is 13.0. The van der Waals surface area contributed by atoms with Crippen LogP contribution in [-0.4, -0.2) is 69.8 Å². The molecule has 0 atom stereocenters. The molecule has 0 aliphatic carbocycles. The molecule has 4 aromatic rings. The van der Waals surface area contributed by atoms with Gasteiger partial charge < -0.3 is 25.2 Å². The minimum Gasteiger partial charge on any atom is -0.497 e. The fraction of sp³-hybridized carbons (Fsp3) is 0.321. The Balaban J connectivity index is 1.09. The third-order valence-corrected chi connectivity index (χ3v) is 7.56. The maximum atomic E-state index is 13.0. The number of rotatable bonds is 5. The molecular weight excluding hydrogens is 496 g/mol. The Hall–Kier alpha value is -4.67. The molecule has 2 aliphatic rings. The van der Waals surface area contributed by atoms with E-state index in [-0.39, 0.29) is 18.0 Å². The average molecular weight is 527 g/mol. The number of ether oxygens (including phenoxy) is 1. The van der Waals surface area contributed by atoms with Crippen molar-refractivity contribution in [3.63, 3.8) is 0 Å². The van der Waals surface area contributed by atoms with Crippen LogP contribution in [0.5, 0.6) is 5.75 Å². The number of nitrogens with zero attached hydrogens (tertiary/aromatic N) is 5. The number of carbonyl (C=O) groups excluding carboxylic acids is 2. The molecule has 11 nitrogen and oxygen atoms in total. The van der Waals surface area contributed by atoms with Crippen LogP contribution in [0.4, 0.5) is 22.0 Å². The van der Waals surface area contributed by atoms with Crippen LogP contribution >= 0.6 is 0 Å². The van der Waals surface area contributed by atoms with Gasteiger partial charge in [0.2, 0.25) is 0 Å². The molecule has 1 fully saturated rings. The smallest absolute Gasteiger partial charge is 0.322 e. The number of hydrogen-bond donors (Lipinski definition) is 3. The first-order valence-electron chi connectivity index (χ1n) is 13.0. The molecule has 0 bridgehead atoms. The molecule has 6 rings (SSSR count). The number of carbonyl (C=O) groups is 2. The summed E-state index contributed by atoms with van der Waals surface area (Å²) >= 11 is 0. The summed E-state index contributed by atoms with van der Waals surface area (Å²) in [5.41, 5.74) is 4.84. The maximum absolute atomic E-state index is 13.0. The molecule has 11 heteroatoms. The fourth-order valence-corrected chi connectivity index (χ4v) is 5.46. The van der Waals surface area contributed by atoms with Crippen LogP contribution in [0.1, 0.15) is 34.5 Å². The molecule has 1 saturated heterocycles. The van der Waals surface area contributed by atoms with Gasteiger partial charge in [0.1, 0.15) is 23.6 Å². The lowest BCUT2D eigenvalue weighted by molar-refractivity contribution is 0.102. The molecule has 0 saturated carbocycles. The molecule has 39 heavy (non-hydrogen) atoms. The van der Waals surface area contributed by atoms with E-state index < -0.39 is 0 Å². The standard InChI is InChI=1S/C28H30N8O3/c1-17-11-20(12-19-15-31-34-26(17)19)32-27(37)24-14-25(30-16-29-24)35-8-6-21(7-9-35)36-10-5-18-13-22(39-2)3-4-23(18)33-28(36)38/h3-4,11-16,21H,5-10H2,1-2H3,(H,31,34)(H,32,37)(H,33,38). The van der Waals surface area contributed by atoms with Gasteiger partial charge in [0.15, 0.2) is 0 Å². The molecular formula is C28H30N8O3. The number of hydrogen-bond acceptors (Lipinski definition) is 7. The second-order valence-electron chi connectivity index (χ2n) is 9.96. The zero-order valence-corrected chi connectivity index (χ0v) is 21.9. The lowest BCUT2D eigenvalue weighted by Gasteiger charge is -2.38. The Bertz CT molecular complexity index is 1540. The molecule has 0 spiro atoms.